The largest absolute Gasteiger partial charge is 0.506 e. The van der Waals surface area contributed by atoms with Crippen molar-refractivity contribution in [3.63, 3.8) is 0 Å². The molecule has 1 aromatic carbocycles. The van der Waals surface area contributed by atoms with Crippen molar-refractivity contribution < 1.29 is 122 Å². The zero-order valence-corrected chi connectivity index (χ0v) is 70.3. The maximum atomic E-state index is 15.1. The van der Waals surface area contributed by atoms with E-state index in [1.807, 2.05) is 0 Å². The van der Waals surface area contributed by atoms with Crippen LogP contribution in [0.5, 0.6) is 5.75 Å². The van der Waals surface area contributed by atoms with E-state index in [4.69, 9.17) is 16.2 Å². The molecular formula is C79H129N17O25. The third-order valence-electron chi connectivity index (χ3n) is 21.4. The number of fused-ring (bicyclic) bond motifs is 2. The van der Waals surface area contributed by atoms with Gasteiger partial charge in [-0.05, 0) is 96.9 Å². The lowest BCUT2D eigenvalue weighted by Gasteiger charge is -2.34. The molecule has 4 fully saturated rings. The van der Waals surface area contributed by atoms with Crippen molar-refractivity contribution in [3.05, 3.63) is 23.8 Å². The number of aliphatic hydroxyl groups is 7. The number of piperazine rings is 1. The summed E-state index contributed by atoms with van der Waals surface area (Å²) in [6, 6.07) is -16.7. The summed E-state index contributed by atoms with van der Waals surface area (Å²) in [5, 5.41) is 118. The van der Waals surface area contributed by atoms with E-state index in [1.54, 1.807) is 4.90 Å². The van der Waals surface area contributed by atoms with Gasteiger partial charge in [-0.25, -0.2) is 4.79 Å². The number of benzene rings is 1. The van der Waals surface area contributed by atoms with Crippen LogP contribution in [0, 0.1) is 5.92 Å². The summed E-state index contributed by atoms with van der Waals surface area (Å²) in [5.74, 6) is -19.0. The molecular weight excluding hydrogens is 1590 g/mol. The SMILES string of the molecule is CCCCCCCCCCCCC[C@@H]1CC(=O)N[C@@H]([C@@H](C)O)C(=O)NC(C)C(=O)N[C@@H](Cc2ccc(O)c(NC(=O)CCC(=O)N3CCNCC3)c2)C(=O)N[C@@H](C(C)C)C(=O)N2C[C@H](O)C[C@H]2C(=O)N[C@@H]([C@@H](C)O)C(=O)N[C@@H]([C@@H](C)O)C(=O)N2CC[C@H](O)[C@H]2C(=O)N[C@@H]([C@H](O)CC(N)=O)C(=O)NCC(=O)N[C@@H]([C@@H](C)O)C(=O)N[C@@H](CCCN)C(=O)O1. The normalized spacial score (nSPS) is 27.1. The highest BCUT2D eigenvalue weighted by atomic mass is 16.5. The highest BCUT2D eigenvalue weighted by molar-refractivity contribution is 6.01. The Balaban J connectivity index is 1.57. The fourth-order valence-electron chi connectivity index (χ4n) is 14.5. The van der Waals surface area contributed by atoms with Crippen LogP contribution < -0.4 is 75.3 Å². The average Bonchev–Trinajstić information content (AvgIpc) is 1.68. The molecule has 4 heterocycles. The molecule has 0 aromatic heterocycles. The number of cyclic esters (lactones) is 1. The van der Waals surface area contributed by atoms with Gasteiger partial charge in [-0.15, -0.1) is 0 Å². The van der Waals surface area contributed by atoms with E-state index < -0.39 is 261 Å². The molecule has 5 rings (SSSR count). The molecule has 1 unspecified atom stereocenters. The summed E-state index contributed by atoms with van der Waals surface area (Å²) in [6.07, 6.45) is -7.36. The maximum absolute atomic E-state index is 15.1. The highest BCUT2D eigenvalue weighted by Gasteiger charge is 2.49. The number of hydrogen-bond acceptors (Lipinski definition) is 27. The molecule has 0 bridgehead atoms. The Labute approximate surface area is 703 Å². The molecule has 0 radical (unpaired) electrons. The van der Waals surface area contributed by atoms with Crippen LogP contribution in [0.1, 0.15) is 189 Å². The Morgan fingerprint density at radius 3 is 1.69 bits per heavy atom. The molecule has 4 saturated heterocycles. The van der Waals surface area contributed by atoms with Gasteiger partial charge in [-0.1, -0.05) is 91.0 Å². The molecule has 4 aliphatic rings. The fraction of sp³-hybridized carbons (Fsp3) is 0.722. The second-order valence-electron chi connectivity index (χ2n) is 32.0. The quantitative estimate of drug-likeness (QED) is 0.0202. The molecule has 1 aromatic rings. The Morgan fingerprint density at radius 2 is 1.11 bits per heavy atom. The average molecular weight is 1720 g/mol. The number of rotatable bonds is 29. The van der Waals surface area contributed by atoms with Gasteiger partial charge in [0.05, 0.1) is 67.8 Å². The predicted molar refractivity (Wildman–Crippen MR) is 433 cm³/mol. The molecule has 0 spiro atoms. The molecule has 42 nitrogen and oxygen atoms in total. The van der Waals surface area contributed by atoms with E-state index in [0.717, 1.165) is 96.4 Å². The van der Waals surface area contributed by atoms with Gasteiger partial charge in [0.1, 0.15) is 78.3 Å². The summed E-state index contributed by atoms with van der Waals surface area (Å²) in [7, 11) is 0. The monoisotopic (exact) mass is 1720 g/mol. The number of carbonyl (C=O) groups excluding carboxylic acids is 16. The van der Waals surface area contributed by atoms with Gasteiger partial charge in [0.2, 0.25) is 88.6 Å². The maximum Gasteiger partial charge on any atom is 0.328 e. The zero-order valence-electron chi connectivity index (χ0n) is 70.3. The topological polar surface area (TPSA) is 650 Å². The van der Waals surface area contributed by atoms with Crippen molar-refractivity contribution in [2.24, 2.45) is 17.4 Å². The number of aliphatic hydroxyl groups excluding tert-OH is 7. The number of nitrogens with two attached hydrogens (primary N) is 2. The van der Waals surface area contributed by atoms with Gasteiger partial charge in [0.25, 0.3) is 0 Å². The van der Waals surface area contributed by atoms with Crippen LogP contribution in [0.4, 0.5) is 5.69 Å². The lowest BCUT2D eigenvalue weighted by atomic mass is 9.99. The number of esters is 1. The van der Waals surface area contributed by atoms with Crippen LogP contribution in [0.15, 0.2) is 18.2 Å². The number of aromatic hydroxyl groups is 1. The number of phenolic OH excluding ortho intramolecular Hbond substituents is 1. The molecule has 4 aliphatic heterocycles. The van der Waals surface area contributed by atoms with Crippen LogP contribution in [-0.4, -0.2) is 318 Å². The fourth-order valence-corrected chi connectivity index (χ4v) is 14.5. The number of anilines is 1. The third kappa shape index (κ3) is 32.5. The van der Waals surface area contributed by atoms with E-state index in [-0.39, 0.29) is 62.2 Å². The highest BCUT2D eigenvalue weighted by Crippen LogP contribution is 2.28. The number of amides is 15. The first kappa shape index (κ1) is 102. The number of nitrogens with zero attached hydrogens (tertiary/aromatic N) is 3. The van der Waals surface area contributed by atoms with Crippen LogP contribution in [0.25, 0.3) is 0 Å². The van der Waals surface area contributed by atoms with Crippen molar-refractivity contribution in [1.29, 1.82) is 0 Å². The Kier molecular flexibility index (Phi) is 42.5. The smallest absolute Gasteiger partial charge is 0.328 e. The summed E-state index contributed by atoms with van der Waals surface area (Å²) in [6.45, 7) is 10.4. The van der Waals surface area contributed by atoms with Gasteiger partial charge in [-0.2, -0.15) is 0 Å². The van der Waals surface area contributed by atoms with E-state index >= 15 is 9.59 Å². The molecule has 19 atom stereocenters. The van der Waals surface area contributed by atoms with Crippen LogP contribution in [-0.2, 0) is 87.9 Å². The number of unbranched alkanes of at least 4 members (excludes halogenated alkanes) is 10. The first-order valence-corrected chi connectivity index (χ1v) is 41.8. The van der Waals surface area contributed by atoms with Gasteiger partial charge < -0.3 is 136 Å². The Bertz CT molecular complexity index is 3700. The second kappa shape index (κ2) is 50.6. The molecule has 0 saturated carbocycles. The zero-order chi connectivity index (χ0) is 90.1. The lowest BCUT2D eigenvalue weighted by Crippen LogP contribution is -2.64. The summed E-state index contributed by atoms with van der Waals surface area (Å²) >= 11 is 0. The minimum absolute atomic E-state index is 0.0370. The summed E-state index contributed by atoms with van der Waals surface area (Å²) in [5.41, 5.74) is 11.2. The van der Waals surface area contributed by atoms with Crippen molar-refractivity contribution >= 4 is 100 Å². The van der Waals surface area contributed by atoms with Crippen molar-refractivity contribution in [2.75, 3.05) is 57.7 Å². The molecule has 42 heteroatoms. The molecule has 121 heavy (non-hydrogen) atoms. The van der Waals surface area contributed by atoms with Gasteiger partial charge in [-0.3, -0.25) is 71.9 Å². The van der Waals surface area contributed by atoms with Crippen LogP contribution in [0.3, 0.4) is 0 Å². The Hall–Kier alpha value is -9.82. The van der Waals surface area contributed by atoms with Gasteiger partial charge in [0, 0.05) is 65.0 Å². The van der Waals surface area contributed by atoms with Crippen molar-refractivity contribution in [1.82, 2.24) is 73.2 Å². The first-order chi connectivity index (χ1) is 57.2. The van der Waals surface area contributed by atoms with E-state index in [2.05, 4.69) is 70.7 Å². The predicted octanol–water partition coefficient (Wildman–Crippen LogP) is -6.32. The van der Waals surface area contributed by atoms with E-state index in [1.165, 1.54) is 32.9 Å². The molecule has 680 valence electrons. The minimum Gasteiger partial charge on any atom is -0.506 e. The number of primary amides is 1. The number of nitrogens with one attached hydrogen (secondary N) is 12. The summed E-state index contributed by atoms with van der Waals surface area (Å²) < 4.78 is 5.97. The van der Waals surface area contributed by atoms with E-state index in [9.17, 15) is 108 Å². The number of ether oxygens (including phenoxy) is 1. The molecule has 24 N–H and O–H groups in total. The standard InChI is InChI=1S/C79H129N17O25/c1-9-10-11-12-13-14-15-16-17-18-19-21-49-37-59(107)88-63(43(5)97)73(114)84-42(4)69(110)87-52(35-47-23-24-54(102)51(34-47)85-58(106)25-26-61(109)94-32-29-82-30-33-94)70(111)90-62(41(2)3)77(118)96-40-48(101)36-53(96)71(112)91-65(45(7)99)75(116)92-66(46(8)100)78(119)95-31-27-55(103)68(95)76(117)93-67(56(104)38-57(81)105)72(113)83-39-60(108)89-64(44(6)98)74(115)86-50(22-20-28-80)79(120)121-49/h23-24,34,41-46,48-50,52-53,55-56,62-68,82,97-104H,9-22,25-33,35-40,80H2,1-8H3,(H2,81,105)(H,83,113)(H,84,114)(H,85,106)(H,86,115)(H,87,110)(H,88,107)(H,89,108)(H,90,111)(H,91,112)(H,92,116)(H,93,117)/t42?,43-,44-,45-,46-,48-,49-,50+,52+,53+,55+,56-,62+,63+,64+,65+,66+,67+,68+/m1/s1. The molecule has 0 aliphatic carbocycles. The molecule has 15 amide bonds. The van der Waals surface area contributed by atoms with Crippen LogP contribution >= 0.6 is 0 Å². The van der Waals surface area contributed by atoms with Crippen molar-refractivity contribution in [2.45, 2.75) is 306 Å². The van der Waals surface area contributed by atoms with Crippen LogP contribution in [0.2, 0.25) is 0 Å². The number of carbonyl (C=O) groups is 16. The number of phenols is 1. The second-order valence-corrected chi connectivity index (χ2v) is 32.0. The van der Waals surface area contributed by atoms with Gasteiger partial charge >= 0.3 is 5.97 Å². The Morgan fingerprint density at radius 1 is 0.570 bits per heavy atom. The summed E-state index contributed by atoms with van der Waals surface area (Å²) in [4.78, 5) is 229. The third-order valence-corrected chi connectivity index (χ3v) is 21.4. The van der Waals surface area contributed by atoms with E-state index in [0.29, 0.717) is 43.9 Å². The van der Waals surface area contributed by atoms with Gasteiger partial charge in [0.15, 0.2) is 0 Å². The lowest BCUT2D eigenvalue weighted by molar-refractivity contribution is -0.155. The minimum atomic E-state index is -2.24. The number of hydrogen-bond donors (Lipinski definition) is 22. The first-order valence-electron chi connectivity index (χ1n) is 41.8. The van der Waals surface area contributed by atoms with Crippen molar-refractivity contribution in [3.8, 4) is 5.75 Å².